The lowest BCUT2D eigenvalue weighted by molar-refractivity contribution is 0.148. The zero-order valence-corrected chi connectivity index (χ0v) is 14.2. The molecule has 118 valence electrons. The molecule has 2 heterocycles. The number of piperazine rings is 1. The maximum atomic E-state index is 4.73. The first-order valence-corrected chi connectivity index (χ1v) is 9.31. The van der Waals surface area contributed by atoms with E-state index in [4.69, 9.17) is 4.98 Å². The molecule has 0 N–H and O–H groups in total. The molecule has 0 aromatic carbocycles. The second-order valence-electron chi connectivity index (χ2n) is 6.91. The summed E-state index contributed by atoms with van der Waals surface area (Å²) in [7, 11) is 0. The zero-order chi connectivity index (χ0) is 14.7. The van der Waals surface area contributed by atoms with Crippen molar-refractivity contribution in [1.82, 2.24) is 14.3 Å². The van der Waals surface area contributed by atoms with Crippen LogP contribution in [0.2, 0.25) is 0 Å². The largest absolute Gasteiger partial charge is 0.344 e. The van der Waals surface area contributed by atoms with Crippen molar-refractivity contribution in [3.63, 3.8) is 0 Å². The van der Waals surface area contributed by atoms with Crippen LogP contribution in [0, 0.1) is 5.92 Å². The number of rotatable bonds is 4. The van der Waals surface area contributed by atoms with Gasteiger partial charge in [0.1, 0.15) is 5.82 Å². The summed E-state index contributed by atoms with van der Waals surface area (Å²) in [5.74, 6) is 1.66. The quantitative estimate of drug-likeness (QED) is 0.855. The van der Waals surface area contributed by atoms with Gasteiger partial charge in [-0.05, 0) is 18.8 Å². The van der Waals surface area contributed by atoms with Gasteiger partial charge in [0.15, 0.2) is 0 Å². The molecular weight excluding hydrogens is 280 g/mol. The molecule has 5 heteroatoms. The fourth-order valence-electron chi connectivity index (χ4n) is 3.55. The molecule has 0 bridgehead atoms. The topological polar surface area (TPSA) is 32.3 Å². The third-order valence-electron chi connectivity index (χ3n) is 4.72. The molecule has 3 rings (SSSR count). The molecule has 1 saturated carbocycles. The first-order valence-electron chi connectivity index (χ1n) is 8.54. The van der Waals surface area contributed by atoms with Gasteiger partial charge in [-0.1, -0.05) is 33.1 Å². The second kappa shape index (κ2) is 7.05. The summed E-state index contributed by atoms with van der Waals surface area (Å²) in [4.78, 5) is 9.87. The Kier molecular flexibility index (Phi) is 5.11. The van der Waals surface area contributed by atoms with Gasteiger partial charge in [0.05, 0.1) is 0 Å². The van der Waals surface area contributed by atoms with Gasteiger partial charge in [-0.15, -0.1) is 0 Å². The van der Waals surface area contributed by atoms with Crippen LogP contribution in [0.1, 0.15) is 51.8 Å². The highest BCUT2D eigenvalue weighted by molar-refractivity contribution is 7.09. The van der Waals surface area contributed by atoms with E-state index in [9.17, 15) is 0 Å². The van der Waals surface area contributed by atoms with Crippen LogP contribution >= 0.6 is 11.5 Å². The van der Waals surface area contributed by atoms with Gasteiger partial charge in [0.2, 0.25) is 5.13 Å². The molecule has 0 amide bonds. The maximum Gasteiger partial charge on any atom is 0.205 e. The molecule has 21 heavy (non-hydrogen) atoms. The van der Waals surface area contributed by atoms with E-state index in [0.29, 0.717) is 5.92 Å². The fraction of sp³-hybridized carbons (Fsp3) is 0.875. The highest BCUT2D eigenvalue weighted by Crippen LogP contribution is 2.25. The van der Waals surface area contributed by atoms with Gasteiger partial charge in [-0.3, -0.25) is 4.90 Å². The minimum absolute atomic E-state index is 0.635. The fourth-order valence-corrected chi connectivity index (χ4v) is 4.29. The molecule has 2 fully saturated rings. The number of hydrogen-bond acceptors (Lipinski definition) is 5. The summed E-state index contributed by atoms with van der Waals surface area (Å²) in [5, 5.41) is 1.13. The molecule has 2 aliphatic rings. The lowest BCUT2D eigenvalue weighted by atomic mass is 9.94. The normalized spacial score (nSPS) is 22.1. The zero-order valence-electron chi connectivity index (χ0n) is 13.4. The molecule has 0 spiro atoms. The van der Waals surface area contributed by atoms with Crippen LogP contribution in [0.3, 0.4) is 0 Å². The molecule has 0 radical (unpaired) electrons. The van der Waals surface area contributed by atoms with Gasteiger partial charge in [-0.2, -0.15) is 4.37 Å². The molecule has 4 nitrogen and oxygen atoms in total. The molecule has 1 aliphatic heterocycles. The van der Waals surface area contributed by atoms with Gasteiger partial charge >= 0.3 is 0 Å². The number of aromatic nitrogens is 2. The van der Waals surface area contributed by atoms with Gasteiger partial charge in [0.25, 0.3) is 0 Å². The molecular formula is C16H28N4S. The van der Waals surface area contributed by atoms with Crippen LogP contribution in [0.4, 0.5) is 5.13 Å². The molecule has 0 unspecified atom stereocenters. The molecule has 1 aromatic heterocycles. The van der Waals surface area contributed by atoms with E-state index < -0.39 is 0 Å². The van der Waals surface area contributed by atoms with Crippen molar-refractivity contribution in [2.75, 3.05) is 31.1 Å². The Morgan fingerprint density at radius 1 is 1.10 bits per heavy atom. The Labute approximate surface area is 132 Å². The third kappa shape index (κ3) is 3.95. The average molecular weight is 308 g/mol. The van der Waals surface area contributed by atoms with Crippen LogP contribution in [0.5, 0.6) is 0 Å². The maximum absolute atomic E-state index is 4.73. The highest BCUT2D eigenvalue weighted by Gasteiger charge is 2.26. The Balaban J connectivity index is 1.51. The highest BCUT2D eigenvalue weighted by atomic mass is 32.1. The van der Waals surface area contributed by atoms with E-state index in [-0.39, 0.29) is 0 Å². The Morgan fingerprint density at radius 2 is 1.81 bits per heavy atom. The lowest BCUT2D eigenvalue weighted by Gasteiger charge is -2.40. The predicted octanol–water partition coefficient (Wildman–Crippen LogP) is 3.19. The van der Waals surface area contributed by atoms with E-state index in [1.54, 1.807) is 11.5 Å². The van der Waals surface area contributed by atoms with E-state index >= 15 is 0 Å². The standard InChI is InChI=1S/C16H28N4S/c1-13(2)12-15-17-16(21-18-15)20-10-8-19(9-11-20)14-6-4-3-5-7-14/h13-14H,3-12H2,1-2H3. The van der Waals surface area contributed by atoms with E-state index in [1.807, 2.05) is 0 Å². The van der Waals surface area contributed by atoms with Crippen molar-refractivity contribution in [3.8, 4) is 0 Å². The monoisotopic (exact) mass is 308 g/mol. The van der Waals surface area contributed by atoms with Crippen molar-refractivity contribution in [1.29, 1.82) is 0 Å². The summed E-state index contributed by atoms with van der Waals surface area (Å²) in [6.07, 6.45) is 8.13. The first-order chi connectivity index (χ1) is 10.2. The van der Waals surface area contributed by atoms with Crippen LogP contribution < -0.4 is 4.90 Å². The van der Waals surface area contributed by atoms with Crippen molar-refractivity contribution in [2.24, 2.45) is 5.92 Å². The number of anilines is 1. The number of nitrogens with zero attached hydrogens (tertiary/aromatic N) is 4. The summed E-state index contributed by atoms with van der Waals surface area (Å²) < 4.78 is 4.52. The van der Waals surface area contributed by atoms with Crippen molar-refractivity contribution < 1.29 is 0 Å². The summed E-state index contributed by atoms with van der Waals surface area (Å²) >= 11 is 1.58. The van der Waals surface area contributed by atoms with Gasteiger partial charge in [0, 0.05) is 50.2 Å². The molecule has 1 aromatic rings. The van der Waals surface area contributed by atoms with Crippen LogP contribution in [-0.4, -0.2) is 46.5 Å². The van der Waals surface area contributed by atoms with Crippen LogP contribution in [-0.2, 0) is 6.42 Å². The van der Waals surface area contributed by atoms with E-state index in [2.05, 4.69) is 28.0 Å². The third-order valence-corrected chi connectivity index (χ3v) is 5.54. The second-order valence-corrected chi connectivity index (χ2v) is 7.64. The summed E-state index contributed by atoms with van der Waals surface area (Å²) in [6, 6.07) is 0.854. The Bertz CT molecular complexity index is 431. The van der Waals surface area contributed by atoms with E-state index in [0.717, 1.165) is 36.5 Å². The SMILES string of the molecule is CC(C)Cc1nsc(N2CCN(C3CCCCC3)CC2)n1. The smallest absolute Gasteiger partial charge is 0.205 e. The van der Waals surface area contributed by atoms with Crippen molar-refractivity contribution in [3.05, 3.63) is 5.82 Å². The Hall–Kier alpha value is -0.680. The molecule has 1 saturated heterocycles. The van der Waals surface area contributed by atoms with E-state index in [1.165, 1.54) is 45.2 Å². The van der Waals surface area contributed by atoms with Gasteiger partial charge in [-0.25, -0.2) is 4.98 Å². The lowest BCUT2D eigenvalue weighted by Crippen LogP contribution is -2.50. The van der Waals surface area contributed by atoms with Crippen LogP contribution in [0.25, 0.3) is 0 Å². The average Bonchev–Trinajstić information content (AvgIpc) is 2.96. The minimum Gasteiger partial charge on any atom is -0.344 e. The summed E-state index contributed by atoms with van der Waals surface area (Å²) in [5.41, 5.74) is 0. The molecule has 0 atom stereocenters. The predicted molar refractivity (Wildman–Crippen MR) is 89.1 cm³/mol. The van der Waals surface area contributed by atoms with Crippen molar-refractivity contribution >= 4 is 16.7 Å². The van der Waals surface area contributed by atoms with Crippen LogP contribution in [0.15, 0.2) is 0 Å². The molecule has 1 aliphatic carbocycles. The minimum atomic E-state index is 0.635. The van der Waals surface area contributed by atoms with Gasteiger partial charge < -0.3 is 4.90 Å². The first kappa shape index (κ1) is 15.2. The van der Waals surface area contributed by atoms with Crippen molar-refractivity contribution in [2.45, 2.75) is 58.4 Å². The number of hydrogen-bond donors (Lipinski definition) is 0. The Morgan fingerprint density at radius 3 is 2.48 bits per heavy atom. The summed E-state index contributed by atoms with van der Waals surface area (Å²) in [6.45, 7) is 9.08.